The molecule has 1 fully saturated rings. The first-order chi connectivity index (χ1) is 12.5. The number of piperidine rings is 1. The number of hydrogen-bond acceptors (Lipinski definition) is 5. The Hall–Kier alpha value is -1.34. The Kier molecular flexibility index (Phi) is 6.75. The first kappa shape index (κ1) is 19.4. The number of amides is 1. The van der Waals surface area contributed by atoms with Crippen molar-refractivity contribution in [1.82, 2.24) is 20.2 Å². The number of carbonyl (C=O) groups is 1. The van der Waals surface area contributed by atoms with Crippen LogP contribution >= 0.6 is 35.0 Å². The van der Waals surface area contributed by atoms with E-state index in [1.165, 1.54) is 23.5 Å². The largest absolute Gasteiger partial charge is 0.348 e. The highest BCUT2D eigenvalue weighted by Crippen LogP contribution is 2.19. The highest BCUT2D eigenvalue weighted by molar-refractivity contribution is 7.98. The molecule has 0 bridgehead atoms. The molecule has 8 heteroatoms. The molecule has 1 aromatic carbocycles. The van der Waals surface area contributed by atoms with E-state index in [1.807, 2.05) is 18.4 Å². The number of halogens is 2. The second-order valence-electron chi connectivity index (χ2n) is 6.20. The zero-order valence-corrected chi connectivity index (χ0v) is 16.7. The van der Waals surface area contributed by atoms with Crippen molar-refractivity contribution in [3.63, 3.8) is 0 Å². The fourth-order valence-electron chi connectivity index (χ4n) is 2.95. The monoisotopic (exact) mass is 410 g/mol. The molecule has 0 atom stereocenters. The summed E-state index contributed by atoms with van der Waals surface area (Å²) in [5.74, 6) is -0.233. The Morgan fingerprint density at radius 1 is 1.27 bits per heavy atom. The fourth-order valence-corrected chi connectivity index (χ4v) is 3.59. The van der Waals surface area contributed by atoms with Gasteiger partial charge >= 0.3 is 0 Å². The Labute approximate surface area is 167 Å². The minimum atomic E-state index is -0.233. The van der Waals surface area contributed by atoms with Crippen LogP contribution in [0.2, 0.25) is 10.0 Å². The van der Waals surface area contributed by atoms with E-state index < -0.39 is 0 Å². The van der Waals surface area contributed by atoms with Gasteiger partial charge < -0.3 is 5.32 Å². The van der Waals surface area contributed by atoms with Gasteiger partial charge in [-0.3, -0.25) is 9.69 Å². The van der Waals surface area contributed by atoms with Gasteiger partial charge in [-0.25, -0.2) is 9.97 Å². The molecular weight excluding hydrogens is 391 g/mol. The molecule has 0 radical (unpaired) electrons. The standard InChI is InChI=1S/C18H20Cl2N4OS/c1-26-18-21-10-15(20)16(23-18)17(25)22-14-6-8-24(9-7-14)11-12-2-4-13(19)5-3-12/h2-5,10,14H,6-9,11H2,1H3,(H,22,25). The molecule has 2 heterocycles. The minimum absolute atomic E-state index is 0.132. The van der Waals surface area contributed by atoms with Crippen molar-refractivity contribution in [2.24, 2.45) is 0 Å². The highest BCUT2D eigenvalue weighted by Gasteiger charge is 2.23. The van der Waals surface area contributed by atoms with Gasteiger partial charge in [-0.05, 0) is 36.8 Å². The second-order valence-corrected chi connectivity index (χ2v) is 7.82. The molecule has 0 spiro atoms. The lowest BCUT2D eigenvalue weighted by atomic mass is 10.0. The van der Waals surface area contributed by atoms with Gasteiger partial charge in [-0.2, -0.15) is 0 Å². The Morgan fingerprint density at radius 3 is 2.62 bits per heavy atom. The van der Waals surface area contributed by atoms with Crippen LogP contribution in [-0.2, 0) is 6.54 Å². The summed E-state index contributed by atoms with van der Waals surface area (Å²) in [5.41, 5.74) is 1.49. The third-order valence-electron chi connectivity index (χ3n) is 4.36. The summed E-state index contributed by atoms with van der Waals surface area (Å²) >= 11 is 13.4. The molecule has 2 aromatic rings. The van der Waals surface area contributed by atoms with Crippen LogP contribution in [0.3, 0.4) is 0 Å². The number of carbonyl (C=O) groups excluding carboxylic acids is 1. The number of rotatable bonds is 5. The molecule has 26 heavy (non-hydrogen) atoms. The van der Waals surface area contributed by atoms with E-state index in [2.05, 4.69) is 32.3 Å². The van der Waals surface area contributed by atoms with E-state index in [9.17, 15) is 4.79 Å². The van der Waals surface area contributed by atoms with Gasteiger partial charge in [0, 0.05) is 30.7 Å². The van der Waals surface area contributed by atoms with E-state index >= 15 is 0 Å². The topological polar surface area (TPSA) is 58.1 Å². The molecule has 0 unspecified atom stereocenters. The maximum atomic E-state index is 12.5. The molecule has 1 aliphatic heterocycles. The number of likely N-dealkylation sites (tertiary alicyclic amines) is 1. The number of thioether (sulfide) groups is 1. The fraction of sp³-hybridized carbons (Fsp3) is 0.389. The molecule has 1 aliphatic rings. The maximum Gasteiger partial charge on any atom is 0.271 e. The molecule has 1 aromatic heterocycles. The number of nitrogens with one attached hydrogen (secondary N) is 1. The van der Waals surface area contributed by atoms with Crippen LogP contribution in [0.5, 0.6) is 0 Å². The van der Waals surface area contributed by atoms with E-state index in [-0.39, 0.29) is 22.7 Å². The van der Waals surface area contributed by atoms with E-state index in [4.69, 9.17) is 23.2 Å². The van der Waals surface area contributed by atoms with Crippen LogP contribution in [-0.4, -0.2) is 46.2 Å². The number of nitrogens with zero attached hydrogens (tertiary/aromatic N) is 3. The number of aromatic nitrogens is 2. The first-order valence-electron chi connectivity index (χ1n) is 8.39. The van der Waals surface area contributed by atoms with Crippen LogP contribution in [0.15, 0.2) is 35.6 Å². The molecule has 1 N–H and O–H groups in total. The lowest BCUT2D eigenvalue weighted by Crippen LogP contribution is -2.44. The van der Waals surface area contributed by atoms with Crippen LogP contribution in [0.25, 0.3) is 0 Å². The first-order valence-corrected chi connectivity index (χ1v) is 10.4. The molecule has 1 amide bonds. The van der Waals surface area contributed by atoms with Crippen LogP contribution < -0.4 is 5.32 Å². The Morgan fingerprint density at radius 2 is 1.96 bits per heavy atom. The number of hydrogen-bond donors (Lipinski definition) is 1. The van der Waals surface area contributed by atoms with Crippen molar-refractivity contribution in [2.75, 3.05) is 19.3 Å². The third-order valence-corrected chi connectivity index (χ3v) is 5.45. The van der Waals surface area contributed by atoms with Gasteiger partial charge in [-0.1, -0.05) is 47.1 Å². The average molecular weight is 411 g/mol. The van der Waals surface area contributed by atoms with Crippen molar-refractivity contribution in [3.05, 3.63) is 51.8 Å². The third kappa shape index (κ3) is 5.10. The predicted octanol–water partition coefficient (Wildman–Crippen LogP) is 3.90. The predicted molar refractivity (Wildman–Crippen MR) is 106 cm³/mol. The summed E-state index contributed by atoms with van der Waals surface area (Å²) in [6.07, 6.45) is 5.14. The molecule has 0 aliphatic carbocycles. The second kappa shape index (κ2) is 9.04. The van der Waals surface area contributed by atoms with Gasteiger partial charge in [-0.15, -0.1) is 0 Å². The summed E-state index contributed by atoms with van der Waals surface area (Å²) < 4.78 is 0. The zero-order valence-electron chi connectivity index (χ0n) is 14.4. The van der Waals surface area contributed by atoms with Crippen LogP contribution in [0.4, 0.5) is 0 Å². The Bertz CT molecular complexity index is 764. The smallest absolute Gasteiger partial charge is 0.271 e. The molecule has 3 rings (SSSR count). The van der Waals surface area contributed by atoms with Gasteiger partial charge in [0.25, 0.3) is 5.91 Å². The Balaban J connectivity index is 1.52. The lowest BCUT2D eigenvalue weighted by molar-refractivity contribution is 0.0903. The number of benzene rings is 1. The summed E-state index contributed by atoms with van der Waals surface area (Å²) in [6, 6.07) is 8.07. The van der Waals surface area contributed by atoms with E-state index in [0.29, 0.717) is 5.16 Å². The van der Waals surface area contributed by atoms with Crippen molar-refractivity contribution < 1.29 is 4.79 Å². The normalized spacial score (nSPS) is 15.8. The minimum Gasteiger partial charge on any atom is -0.348 e. The summed E-state index contributed by atoms with van der Waals surface area (Å²) in [7, 11) is 0. The zero-order chi connectivity index (χ0) is 18.5. The molecule has 0 saturated carbocycles. The van der Waals surface area contributed by atoms with Crippen LogP contribution in [0.1, 0.15) is 28.9 Å². The van der Waals surface area contributed by atoms with Gasteiger partial charge in [0.1, 0.15) is 0 Å². The lowest BCUT2D eigenvalue weighted by Gasteiger charge is -2.32. The SMILES string of the molecule is CSc1ncc(Cl)c(C(=O)NC2CCN(Cc3ccc(Cl)cc3)CC2)n1. The van der Waals surface area contributed by atoms with Gasteiger partial charge in [0.2, 0.25) is 0 Å². The average Bonchev–Trinajstić information content (AvgIpc) is 2.65. The van der Waals surface area contributed by atoms with Gasteiger partial charge in [0.05, 0.1) is 11.2 Å². The summed E-state index contributed by atoms with van der Waals surface area (Å²) in [5, 5.41) is 4.62. The molecule has 5 nitrogen and oxygen atoms in total. The summed E-state index contributed by atoms with van der Waals surface area (Å²) in [6.45, 7) is 2.76. The molecule has 138 valence electrons. The molecule has 1 saturated heterocycles. The van der Waals surface area contributed by atoms with Crippen molar-refractivity contribution >= 4 is 40.9 Å². The van der Waals surface area contributed by atoms with E-state index in [0.717, 1.165) is 37.5 Å². The quantitative estimate of drug-likeness (QED) is 0.598. The van der Waals surface area contributed by atoms with Crippen LogP contribution in [0, 0.1) is 0 Å². The van der Waals surface area contributed by atoms with Crippen molar-refractivity contribution in [1.29, 1.82) is 0 Å². The highest BCUT2D eigenvalue weighted by atomic mass is 35.5. The van der Waals surface area contributed by atoms with Crippen molar-refractivity contribution in [2.45, 2.75) is 30.6 Å². The maximum absolute atomic E-state index is 12.5. The summed E-state index contributed by atoms with van der Waals surface area (Å²) in [4.78, 5) is 23.2. The van der Waals surface area contributed by atoms with E-state index in [1.54, 1.807) is 0 Å². The van der Waals surface area contributed by atoms with Gasteiger partial charge in [0.15, 0.2) is 10.9 Å². The van der Waals surface area contributed by atoms with Crippen molar-refractivity contribution in [3.8, 4) is 0 Å². The molecular formula is C18H20Cl2N4OS.